The third-order valence-corrected chi connectivity index (χ3v) is 2.81. The van der Waals surface area contributed by atoms with Gasteiger partial charge in [0.25, 0.3) is 0 Å². The Kier molecular flexibility index (Phi) is 7.84. The molecule has 0 aromatic heterocycles. The van der Waals surface area contributed by atoms with Crippen LogP contribution in [0.5, 0.6) is 5.75 Å². The van der Waals surface area contributed by atoms with Gasteiger partial charge in [-0.25, -0.2) is 0 Å². The lowest BCUT2D eigenvalue weighted by molar-refractivity contribution is -0.137. The van der Waals surface area contributed by atoms with Crippen molar-refractivity contribution < 1.29 is 27.4 Å². The number of halogens is 3. The number of ether oxygens (including phenoxy) is 2. The van der Waals surface area contributed by atoms with Crippen LogP contribution < -0.4 is 15.4 Å². The number of hydrogen-bond acceptors (Lipinski definition) is 4. The first-order valence-electron chi connectivity index (χ1n) is 7.22. The topological polar surface area (TPSA) is 59.6 Å². The zero-order chi connectivity index (χ0) is 17.3. The molecule has 2 N–H and O–H groups in total. The smallest absolute Gasteiger partial charge is 0.416 e. The van der Waals surface area contributed by atoms with Crippen molar-refractivity contribution in [1.29, 1.82) is 0 Å². The Balaban J connectivity index is 2.80. The summed E-state index contributed by atoms with van der Waals surface area (Å²) in [5, 5.41) is 5.26. The second kappa shape index (κ2) is 9.36. The quantitative estimate of drug-likeness (QED) is 0.682. The van der Waals surface area contributed by atoms with E-state index < -0.39 is 17.6 Å². The Morgan fingerprint density at radius 2 is 2.00 bits per heavy atom. The SMILES string of the molecule is CCCOc1ccc(C(F)(F)F)cc1NC(=O)CNCCOC. The molecule has 0 aliphatic heterocycles. The van der Waals surface area contributed by atoms with Crippen LogP contribution in [0.2, 0.25) is 0 Å². The van der Waals surface area contributed by atoms with Gasteiger partial charge >= 0.3 is 6.18 Å². The number of rotatable bonds is 9. The zero-order valence-corrected chi connectivity index (χ0v) is 13.1. The fourth-order valence-corrected chi connectivity index (χ4v) is 1.71. The molecular formula is C15H21F3N2O3. The van der Waals surface area contributed by atoms with Crippen molar-refractivity contribution in [2.75, 3.05) is 38.7 Å². The highest BCUT2D eigenvalue weighted by Gasteiger charge is 2.31. The molecule has 1 aromatic carbocycles. The van der Waals surface area contributed by atoms with E-state index in [1.54, 1.807) is 0 Å². The van der Waals surface area contributed by atoms with E-state index in [-0.39, 0.29) is 18.0 Å². The normalized spacial score (nSPS) is 11.3. The van der Waals surface area contributed by atoms with Crippen molar-refractivity contribution in [3.8, 4) is 5.75 Å². The largest absolute Gasteiger partial charge is 0.491 e. The number of amides is 1. The van der Waals surface area contributed by atoms with Crippen molar-refractivity contribution in [3.05, 3.63) is 23.8 Å². The standard InChI is InChI=1S/C15H21F3N2O3/c1-3-7-23-13-5-4-11(15(16,17)18)9-12(13)20-14(21)10-19-6-8-22-2/h4-5,9,19H,3,6-8,10H2,1-2H3,(H,20,21). The van der Waals surface area contributed by atoms with Crippen LogP contribution in [0.4, 0.5) is 18.9 Å². The van der Waals surface area contributed by atoms with Gasteiger partial charge in [0.15, 0.2) is 0 Å². The van der Waals surface area contributed by atoms with Crippen molar-refractivity contribution in [1.82, 2.24) is 5.32 Å². The molecule has 0 bridgehead atoms. The molecule has 0 saturated heterocycles. The molecule has 0 heterocycles. The lowest BCUT2D eigenvalue weighted by Gasteiger charge is -2.15. The highest BCUT2D eigenvalue weighted by atomic mass is 19.4. The summed E-state index contributed by atoms with van der Waals surface area (Å²) < 4.78 is 48.6. The highest BCUT2D eigenvalue weighted by molar-refractivity contribution is 5.93. The average Bonchev–Trinajstić information content (AvgIpc) is 2.49. The Bertz CT molecular complexity index is 507. The molecule has 0 unspecified atom stereocenters. The van der Waals surface area contributed by atoms with E-state index in [0.29, 0.717) is 26.2 Å². The minimum absolute atomic E-state index is 0.00631. The summed E-state index contributed by atoms with van der Waals surface area (Å²) in [5.74, 6) is -0.244. The first kappa shape index (κ1) is 19.2. The molecule has 0 fully saturated rings. The molecule has 5 nitrogen and oxygen atoms in total. The molecule has 0 aliphatic carbocycles. The van der Waals surface area contributed by atoms with E-state index in [1.165, 1.54) is 13.2 Å². The number of anilines is 1. The maximum atomic E-state index is 12.8. The van der Waals surface area contributed by atoms with Crippen LogP contribution in [0.3, 0.4) is 0 Å². The van der Waals surface area contributed by atoms with Crippen LogP contribution in [0.1, 0.15) is 18.9 Å². The summed E-state index contributed by atoms with van der Waals surface area (Å²) in [4.78, 5) is 11.8. The Hall–Kier alpha value is -1.80. The van der Waals surface area contributed by atoms with Crippen LogP contribution in [-0.4, -0.2) is 39.3 Å². The lowest BCUT2D eigenvalue weighted by atomic mass is 10.1. The molecule has 1 amide bonds. The highest BCUT2D eigenvalue weighted by Crippen LogP contribution is 2.35. The van der Waals surface area contributed by atoms with Crippen LogP contribution in [0.25, 0.3) is 0 Å². The molecule has 8 heteroatoms. The second-order valence-corrected chi connectivity index (χ2v) is 4.77. The third-order valence-electron chi connectivity index (χ3n) is 2.81. The number of carbonyl (C=O) groups is 1. The minimum atomic E-state index is -4.49. The van der Waals surface area contributed by atoms with E-state index >= 15 is 0 Å². The first-order valence-corrected chi connectivity index (χ1v) is 7.22. The summed E-state index contributed by atoms with van der Waals surface area (Å²) in [5.41, 5.74) is -0.837. The average molecular weight is 334 g/mol. The van der Waals surface area contributed by atoms with Crippen LogP contribution >= 0.6 is 0 Å². The second-order valence-electron chi connectivity index (χ2n) is 4.77. The molecular weight excluding hydrogens is 313 g/mol. The number of hydrogen-bond donors (Lipinski definition) is 2. The number of methoxy groups -OCH3 is 1. The van der Waals surface area contributed by atoms with Gasteiger partial charge < -0.3 is 20.1 Å². The van der Waals surface area contributed by atoms with Crippen LogP contribution in [-0.2, 0) is 15.7 Å². The fraction of sp³-hybridized carbons (Fsp3) is 0.533. The molecule has 0 saturated carbocycles. The molecule has 1 rings (SSSR count). The number of benzene rings is 1. The van der Waals surface area contributed by atoms with Gasteiger partial charge in [0.05, 0.1) is 31.0 Å². The Morgan fingerprint density at radius 3 is 2.61 bits per heavy atom. The van der Waals surface area contributed by atoms with Crippen molar-refractivity contribution >= 4 is 11.6 Å². The molecule has 0 atom stereocenters. The first-order chi connectivity index (χ1) is 10.9. The van der Waals surface area contributed by atoms with Crippen LogP contribution in [0.15, 0.2) is 18.2 Å². The Labute approximate surface area is 133 Å². The fourth-order valence-electron chi connectivity index (χ4n) is 1.71. The predicted molar refractivity (Wildman–Crippen MR) is 80.6 cm³/mol. The van der Waals surface area contributed by atoms with E-state index in [0.717, 1.165) is 12.1 Å². The number of carbonyl (C=O) groups excluding carboxylic acids is 1. The maximum absolute atomic E-state index is 12.8. The van der Waals surface area contributed by atoms with Gasteiger partial charge in [-0.3, -0.25) is 4.79 Å². The lowest BCUT2D eigenvalue weighted by Crippen LogP contribution is -2.30. The predicted octanol–water partition coefficient (Wildman–Crippen LogP) is 2.67. The number of nitrogens with one attached hydrogen (secondary N) is 2. The van der Waals surface area contributed by atoms with E-state index in [1.807, 2.05) is 6.92 Å². The van der Waals surface area contributed by atoms with E-state index in [9.17, 15) is 18.0 Å². The molecule has 0 spiro atoms. The zero-order valence-electron chi connectivity index (χ0n) is 13.1. The monoisotopic (exact) mass is 334 g/mol. The van der Waals surface area contributed by atoms with Gasteiger partial charge in [-0.15, -0.1) is 0 Å². The van der Waals surface area contributed by atoms with Crippen molar-refractivity contribution in [2.24, 2.45) is 0 Å². The maximum Gasteiger partial charge on any atom is 0.416 e. The van der Waals surface area contributed by atoms with Gasteiger partial charge in [0, 0.05) is 13.7 Å². The molecule has 130 valence electrons. The summed E-state index contributed by atoms with van der Waals surface area (Å²) in [6.45, 7) is 3.09. The van der Waals surface area contributed by atoms with E-state index in [2.05, 4.69) is 10.6 Å². The summed E-state index contributed by atoms with van der Waals surface area (Å²) in [6.07, 6.45) is -3.79. The summed E-state index contributed by atoms with van der Waals surface area (Å²) in [6, 6.07) is 3.02. The van der Waals surface area contributed by atoms with Gasteiger partial charge in [-0.2, -0.15) is 13.2 Å². The Morgan fingerprint density at radius 1 is 1.26 bits per heavy atom. The summed E-state index contributed by atoms with van der Waals surface area (Å²) in [7, 11) is 1.53. The molecule has 0 aliphatic rings. The van der Waals surface area contributed by atoms with Gasteiger partial charge in [0.2, 0.25) is 5.91 Å². The van der Waals surface area contributed by atoms with Gasteiger partial charge in [-0.1, -0.05) is 6.92 Å². The van der Waals surface area contributed by atoms with Crippen LogP contribution in [0, 0.1) is 0 Å². The molecule has 0 radical (unpaired) electrons. The minimum Gasteiger partial charge on any atom is -0.491 e. The van der Waals surface area contributed by atoms with Gasteiger partial charge in [-0.05, 0) is 24.6 Å². The van der Waals surface area contributed by atoms with Crippen molar-refractivity contribution in [3.63, 3.8) is 0 Å². The molecule has 1 aromatic rings. The van der Waals surface area contributed by atoms with Gasteiger partial charge in [0.1, 0.15) is 5.75 Å². The third kappa shape index (κ3) is 6.87. The number of alkyl halides is 3. The van der Waals surface area contributed by atoms with E-state index in [4.69, 9.17) is 9.47 Å². The van der Waals surface area contributed by atoms with Crippen molar-refractivity contribution in [2.45, 2.75) is 19.5 Å². The summed E-state index contributed by atoms with van der Waals surface area (Å²) >= 11 is 0. The molecule has 23 heavy (non-hydrogen) atoms.